The van der Waals surface area contributed by atoms with Gasteiger partial charge in [0.1, 0.15) is 23.5 Å². The Labute approximate surface area is 218 Å². The van der Waals surface area contributed by atoms with Crippen molar-refractivity contribution in [1.29, 1.82) is 10.8 Å². The quantitative estimate of drug-likeness (QED) is 0.220. The van der Waals surface area contributed by atoms with Crippen molar-refractivity contribution >= 4 is 33.5 Å². The Balaban J connectivity index is 1.48. The van der Waals surface area contributed by atoms with Crippen LogP contribution in [-0.2, 0) is 6.54 Å². The van der Waals surface area contributed by atoms with Gasteiger partial charge in [-0.05, 0) is 41.8 Å². The molecule has 1 aliphatic heterocycles. The first-order chi connectivity index (χ1) is 17.9. The maximum Gasteiger partial charge on any atom is 0.123 e. The van der Waals surface area contributed by atoms with E-state index in [0.29, 0.717) is 18.3 Å². The van der Waals surface area contributed by atoms with Gasteiger partial charge >= 0.3 is 0 Å². The number of imidazole rings is 1. The second kappa shape index (κ2) is 10.2. The van der Waals surface area contributed by atoms with Crippen LogP contribution in [0.2, 0.25) is 0 Å². The number of benzene rings is 3. The molecule has 5 rings (SSSR count). The maximum absolute atomic E-state index is 7.99. The van der Waals surface area contributed by atoms with Crippen LogP contribution in [0.1, 0.15) is 62.9 Å². The SMILES string of the molecule is CCC(C)c1nc2cc(OC3CCN(C(C)=N)CC3)ccc2n1Cc1ccc(C(=N)N)c2ccccc12. The minimum absolute atomic E-state index is 0.0855. The third kappa shape index (κ3) is 4.90. The monoisotopic (exact) mass is 496 g/mol. The molecule has 0 amide bonds. The Bertz CT molecular complexity index is 1460. The van der Waals surface area contributed by atoms with Gasteiger partial charge in [0.2, 0.25) is 0 Å². The van der Waals surface area contributed by atoms with Crippen LogP contribution in [0.5, 0.6) is 5.75 Å². The Kier molecular flexibility index (Phi) is 6.87. The fourth-order valence-electron chi connectivity index (χ4n) is 5.33. The number of likely N-dealkylation sites (tertiary alicyclic amines) is 1. The van der Waals surface area contributed by atoms with E-state index in [-0.39, 0.29) is 11.9 Å². The number of nitrogens with one attached hydrogen (secondary N) is 2. The summed E-state index contributed by atoms with van der Waals surface area (Å²) in [5.41, 5.74) is 9.85. The number of rotatable bonds is 7. The van der Waals surface area contributed by atoms with Crippen LogP contribution in [0.25, 0.3) is 21.8 Å². The van der Waals surface area contributed by atoms with Crippen molar-refractivity contribution in [2.45, 2.75) is 58.6 Å². The molecule has 0 saturated carbocycles. The van der Waals surface area contributed by atoms with Crippen molar-refractivity contribution in [3.8, 4) is 5.75 Å². The Morgan fingerprint density at radius 3 is 2.49 bits per heavy atom. The highest BCUT2D eigenvalue weighted by Crippen LogP contribution is 2.31. The topological polar surface area (TPSA) is 104 Å². The molecule has 0 spiro atoms. The first-order valence-electron chi connectivity index (χ1n) is 13.2. The van der Waals surface area contributed by atoms with Crippen molar-refractivity contribution in [2.24, 2.45) is 5.73 Å². The second-order valence-electron chi connectivity index (χ2n) is 10.1. The van der Waals surface area contributed by atoms with E-state index in [1.807, 2.05) is 31.2 Å². The zero-order chi connectivity index (χ0) is 26.1. The number of piperidine rings is 1. The van der Waals surface area contributed by atoms with Gasteiger partial charge in [-0.2, -0.15) is 0 Å². The van der Waals surface area contributed by atoms with E-state index in [1.54, 1.807) is 0 Å². The Morgan fingerprint density at radius 2 is 1.81 bits per heavy atom. The number of nitrogen functional groups attached to an aromatic ring is 1. The van der Waals surface area contributed by atoms with Gasteiger partial charge < -0.3 is 19.9 Å². The van der Waals surface area contributed by atoms with Crippen molar-refractivity contribution in [2.75, 3.05) is 13.1 Å². The molecule has 192 valence electrons. The van der Waals surface area contributed by atoms with Gasteiger partial charge in [0, 0.05) is 50.0 Å². The van der Waals surface area contributed by atoms with Crippen LogP contribution in [0, 0.1) is 10.8 Å². The van der Waals surface area contributed by atoms with Crippen LogP contribution in [0.3, 0.4) is 0 Å². The van der Waals surface area contributed by atoms with E-state index in [1.165, 1.54) is 5.56 Å². The summed E-state index contributed by atoms with van der Waals surface area (Å²) in [6, 6.07) is 18.5. The maximum atomic E-state index is 7.99. The van der Waals surface area contributed by atoms with Crippen LogP contribution in [0.15, 0.2) is 54.6 Å². The van der Waals surface area contributed by atoms with E-state index in [4.69, 9.17) is 26.3 Å². The third-order valence-electron chi connectivity index (χ3n) is 7.65. The molecule has 0 aliphatic carbocycles. The molecular weight excluding hydrogens is 460 g/mol. The third-order valence-corrected chi connectivity index (χ3v) is 7.65. The summed E-state index contributed by atoms with van der Waals surface area (Å²) in [4.78, 5) is 7.19. The molecule has 3 aromatic carbocycles. The molecule has 0 radical (unpaired) electrons. The minimum Gasteiger partial charge on any atom is -0.490 e. The molecule has 4 aromatic rings. The average molecular weight is 497 g/mol. The van der Waals surface area contributed by atoms with Gasteiger partial charge in [-0.1, -0.05) is 50.2 Å². The lowest BCUT2D eigenvalue weighted by atomic mass is 9.98. The number of nitrogens with zero attached hydrogens (tertiary/aromatic N) is 3. The summed E-state index contributed by atoms with van der Waals surface area (Å²) in [5.74, 6) is 2.96. The molecule has 1 atom stereocenters. The van der Waals surface area contributed by atoms with Gasteiger partial charge in [0.25, 0.3) is 0 Å². The van der Waals surface area contributed by atoms with Crippen molar-refractivity contribution in [3.05, 3.63) is 71.5 Å². The molecule has 1 aliphatic rings. The van der Waals surface area contributed by atoms with Gasteiger partial charge in [-0.25, -0.2) is 4.98 Å². The summed E-state index contributed by atoms with van der Waals surface area (Å²) in [5, 5.41) is 18.0. The predicted molar refractivity (Wildman–Crippen MR) is 151 cm³/mol. The summed E-state index contributed by atoms with van der Waals surface area (Å²) >= 11 is 0. The highest BCUT2D eigenvalue weighted by Gasteiger charge is 2.22. The van der Waals surface area contributed by atoms with Crippen LogP contribution < -0.4 is 10.5 Å². The lowest BCUT2D eigenvalue weighted by molar-refractivity contribution is 0.130. The van der Waals surface area contributed by atoms with Gasteiger partial charge in [-0.3, -0.25) is 10.8 Å². The molecule has 2 heterocycles. The largest absolute Gasteiger partial charge is 0.490 e. The van der Waals surface area contributed by atoms with Crippen molar-refractivity contribution < 1.29 is 4.74 Å². The summed E-state index contributed by atoms with van der Waals surface area (Å²) in [7, 11) is 0. The molecule has 1 saturated heterocycles. The summed E-state index contributed by atoms with van der Waals surface area (Å²) in [6.07, 6.45) is 3.01. The smallest absolute Gasteiger partial charge is 0.123 e. The minimum atomic E-state index is 0.0855. The van der Waals surface area contributed by atoms with E-state index in [9.17, 15) is 0 Å². The Morgan fingerprint density at radius 1 is 1.08 bits per heavy atom. The van der Waals surface area contributed by atoms with Crippen LogP contribution >= 0.6 is 0 Å². The number of ether oxygens (including phenoxy) is 1. The zero-order valence-electron chi connectivity index (χ0n) is 21.9. The number of nitrogens with two attached hydrogens (primary N) is 1. The van der Waals surface area contributed by atoms with E-state index in [0.717, 1.165) is 71.3 Å². The van der Waals surface area contributed by atoms with E-state index < -0.39 is 0 Å². The van der Waals surface area contributed by atoms with Crippen molar-refractivity contribution in [1.82, 2.24) is 14.5 Å². The first-order valence-corrected chi connectivity index (χ1v) is 13.2. The number of fused-ring (bicyclic) bond motifs is 2. The molecule has 37 heavy (non-hydrogen) atoms. The summed E-state index contributed by atoms with van der Waals surface area (Å²) < 4.78 is 8.69. The number of hydrogen-bond donors (Lipinski definition) is 3. The molecule has 7 heteroatoms. The van der Waals surface area contributed by atoms with Gasteiger partial charge in [0.05, 0.1) is 16.9 Å². The molecule has 0 bridgehead atoms. The molecule has 7 nitrogen and oxygen atoms in total. The number of aromatic nitrogens is 2. The van der Waals surface area contributed by atoms with E-state index >= 15 is 0 Å². The molecular formula is C30H36N6O. The second-order valence-corrected chi connectivity index (χ2v) is 10.1. The van der Waals surface area contributed by atoms with Crippen LogP contribution in [-0.4, -0.2) is 45.3 Å². The number of amidine groups is 2. The number of hydrogen-bond acceptors (Lipinski definition) is 4. The predicted octanol–water partition coefficient (Wildman–Crippen LogP) is 5.88. The normalized spacial score (nSPS) is 15.3. The fraction of sp³-hybridized carbons (Fsp3) is 0.367. The van der Waals surface area contributed by atoms with Gasteiger partial charge in [0.15, 0.2) is 0 Å². The molecule has 1 aromatic heterocycles. The highest BCUT2D eigenvalue weighted by atomic mass is 16.5. The zero-order valence-corrected chi connectivity index (χ0v) is 21.9. The molecule has 1 unspecified atom stereocenters. The van der Waals surface area contributed by atoms with Gasteiger partial charge in [-0.15, -0.1) is 0 Å². The lowest BCUT2D eigenvalue weighted by Crippen LogP contribution is -2.40. The fourth-order valence-corrected chi connectivity index (χ4v) is 5.33. The van der Waals surface area contributed by atoms with E-state index in [2.05, 4.69) is 53.6 Å². The molecule has 4 N–H and O–H groups in total. The van der Waals surface area contributed by atoms with Crippen LogP contribution in [0.4, 0.5) is 0 Å². The highest BCUT2D eigenvalue weighted by molar-refractivity contribution is 6.08. The lowest BCUT2D eigenvalue weighted by Gasteiger charge is -2.32. The van der Waals surface area contributed by atoms with Crippen molar-refractivity contribution in [3.63, 3.8) is 0 Å². The molecule has 1 fully saturated rings. The summed E-state index contributed by atoms with van der Waals surface area (Å²) in [6.45, 7) is 8.70. The Hall–Kier alpha value is -3.87. The average Bonchev–Trinajstić information content (AvgIpc) is 3.26. The standard InChI is InChI=1S/C30H36N6O/c1-4-19(2)30-34-27-17-23(37-22-13-15-35(16-14-22)20(3)31)10-12-28(27)36(30)18-21-9-11-26(29(32)33)25-8-6-5-7-24(21)25/h5-12,17,19,22,31H,4,13-16,18H2,1-3H3,(H3,32,33). The first kappa shape index (κ1) is 24.8.